The lowest BCUT2D eigenvalue weighted by Crippen LogP contribution is -2.19. The Morgan fingerprint density at radius 1 is 1.00 bits per heavy atom. The summed E-state index contributed by atoms with van der Waals surface area (Å²) in [6, 6.07) is 14.4. The van der Waals surface area contributed by atoms with Crippen LogP contribution in [0.1, 0.15) is 24.1 Å². The molecule has 1 fully saturated rings. The second-order valence-corrected chi connectivity index (χ2v) is 9.30. The molecule has 0 amide bonds. The molecule has 0 aliphatic carbocycles. The second-order valence-electron chi connectivity index (χ2n) is 7.58. The number of benzene rings is 2. The first kappa shape index (κ1) is 21.0. The highest BCUT2D eigenvalue weighted by molar-refractivity contribution is 7.91. The van der Waals surface area contributed by atoms with Gasteiger partial charge in [-0.05, 0) is 61.7 Å². The fourth-order valence-corrected chi connectivity index (χ4v) is 4.71. The van der Waals surface area contributed by atoms with Gasteiger partial charge in [0.15, 0.2) is 0 Å². The standard InChI is InChI=1S/C22H24FN5O2S/c1-16-13-21(28-11-2-3-12-28)26-22(24-16)25-19-7-9-20(10-8-19)27-31(29,30)15-17-5-4-6-18(23)14-17/h4-10,13-14,27H,2-3,11-12,15H2,1H3,(H,24,25,26). The van der Waals surface area contributed by atoms with Crippen molar-refractivity contribution in [2.24, 2.45) is 0 Å². The van der Waals surface area contributed by atoms with E-state index >= 15 is 0 Å². The Kier molecular flexibility index (Phi) is 6.03. The summed E-state index contributed by atoms with van der Waals surface area (Å²) in [5, 5.41) is 3.18. The first-order chi connectivity index (χ1) is 14.9. The molecule has 0 unspecified atom stereocenters. The predicted molar refractivity (Wildman–Crippen MR) is 121 cm³/mol. The Bertz CT molecular complexity index is 1160. The van der Waals surface area contributed by atoms with Crippen molar-refractivity contribution in [1.29, 1.82) is 0 Å². The van der Waals surface area contributed by atoms with Gasteiger partial charge < -0.3 is 10.2 Å². The van der Waals surface area contributed by atoms with Crippen LogP contribution in [0.4, 0.5) is 27.5 Å². The Morgan fingerprint density at radius 2 is 1.71 bits per heavy atom. The molecule has 2 aromatic carbocycles. The fourth-order valence-electron chi connectivity index (χ4n) is 3.53. The third-order valence-corrected chi connectivity index (χ3v) is 6.19. The highest BCUT2D eigenvalue weighted by Crippen LogP contribution is 2.23. The molecule has 2 heterocycles. The highest BCUT2D eigenvalue weighted by Gasteiger charge is 2.15. The van der Waals surface area contributed by atoms with E-state index in [0.29, 0.717) is 17.2 Å². The molecule has 4 rings (SSSR count). The van der Waals surface area contributed by atoms with Gasteiger partial charge in [-0.2, -0.15) is 4.98 Å². The molecule has 0 spiro atoms. The molecular formula is C22H24FN5O2S. The molecular weight excluding hydrogens is 417 g/mol. The van der Waals surface area contributed by atoms with Crippen LogP contribution in [0, 0.1) is 12.7 Å². The zero-order valence-corrected chi connectivity index (χ0v) is 18.0. The van der Waals surface area contributed by atoms with Gasteiger partial charge in [0.25, 0.3) is 0 Å². The summed E-state index contributed by atoms with van der Waals surface area (Å²) in [7, 11) is -3.66. The van der Waals surface area contributed by atoms with E-state index in [0.717, 1.165) is 30.3 Å². The molecule has 1 saturated heterocycles. The largest absolute Gasteiger partial charge is 0.356 e. The summed E-state index contributed by atoms with van der Waals surface area (Å²) < 4.78 is 40.6. The smallest absolute Gasteiger partial charge is 0.236 e. The van der Waals surface area contributed by atoms with E-state index in [4.69, 9.17) is 0 Å². The average Bonchev–Trinajstić information content (AvgIpc) is 3.23. The third kappa shape index (κ3) is 5.69. The van der Waals surface area contributed by atoms with Crippen molar-refractivity contribution in [3.8, 4) is 0 Å². The molecule has 1 aliphatic rings. The summed E-state index contributed by atoms with van der Waals surface area (Å²) in [5.41, 5.74) is 2.42. The minimum atomic E-state index is -3.66. The molecule has 1 aromatic heterocycles. The van der Waals surface area contributed by atoms with Gasteiger partial charge in [-0.1, -0.05) is 12.1 Å². The van der Waals surface area contributed by atoms with E-state index in [1.165, 1.54) is 31.0 Å². The maximum atomic E-state index is 13.3. The summed E-state index contributed by atoms with van der Waals surface area (Å²) in [6.07, 6.45) is 2.34. The summed E-state index contributed by atoms with van der Waals surface area (Å²) in [5.74, 6) is 0.645. The van der Waals surface area contributed by atoms with Crippen LogP contribution in [0.5, 0.6) is 0 Å². The minimum Gasteiger partial charge on any atom is -0.356 e. The number of aromatic nitrogens is 2. The van der Waals surface area contributed by atoms with Crippen LogP contribution in [-0.4, -0.2) is 31.5 Å². The Morgan fingerprint density at radius 3 is 2.42 bits per heavy atom. The van der Waals surface area contributed by atoms with Gasteiger partial charge in [0.2, 0.25) is 16.0 Å². The highest BCUT2D eigenvalue weighted by atomic mass is 32.2. The van der Waals surface area contributed by atoms with E-state index in [-0.39, 0.29) is 5.75 Å². The third-order valence-electron chi connectivity index (χ3n) is 4.93. The SMILES string of the molecule is Cc1cc(N2CCCC2)nc(Nc2ccc(NS(=O)(=O)Cc3cccc(F)c3)cc2)n1. The molecule has 31 heavy (non-hydrogen) atoms. The van der Waals surface area contributed by atoms with Crippen LogP contribution in [0.2, 0.25) is 0 Å². The quantitative estimate of drug-likeness (QED) is 0.571. The second kappa shape index (κ2) is 8.89. The maximum absolute atomic E-state index is 13.3. The van der Waals surface area contributed by atoms with Crippen LogP contribution < -0.4 is 14.9 Å². The number of halogens is 1. The topological polar surface area (TPSA) is 87.2 Å². The Hall–Kier alpha value is -3.20. The van der Waals surface area contributed by atoms with Crippen LogP contribution in [0.3, 0.4) is 0 Å². The monoisotopic (exact) mass is 441 g/mol. The average molecular weight is 442 g/mol. The number of hydrogen-bond donors (Lipinski definition) is 2. The predicted octanol–water partition coefficient (Wildman–Crippen LogP) is 4.21. The Labute approximate surface area is 181 Å². The van der Waals surface area contributed by atoms with Crippen molar-refractivity contribution in [3.05, 3.63) is 71.7 Å². The summed E-state index contributed by atoms with van der Waals surface area (Å²) in [4.78, 5) is 11.3. The number of anilines is 4. The summed E-state index contributed by atoms with van der Waals surface area (Å²) in [6.45, 7) is 3.93. The number of hydrogen-bond acceptors (Lipinski definition) is 6. The molecule has 2 N–H and O–H groups in total. The Balaban J connectivity index is 1.42. The van der Waals surface area contributed by atoms with Crippen LogP contribution >= 0.6 is 0 Å². The molecule has 162 valence electrons. The van der Waals surface area contributed by atoms with E-state index < -0.39 is 15.8 Å². The lowest BCUT2D eigenvalue weighted by molar-refractivity contribution is 0.599. The number of nitrogens with zero attached hydrogens (tertiary/aromatic N) is 3. The molecule has 9 heteroatoms. The number of aryl methyl sites for hydroxylation is 1. The van der Waals surface area contributed by atoms with Crippen molar-refractivity contribution >= 4 is 33.2 Å². The number of sulfonamides is 1. The normalized spacial score (nSPS) is 13.9. The van der Waals surface area contributed by atoms with Gasteiger partial charge in [-0.15, -0.1) is 0 Å². The van der Waals surface area contributed by atoms with Crippen molar-refractivity contribution in [3.63, 3.8) is 0 Å². The zero-order chi connectivity index (χ0) is 21.8. The van der Waals surface area contributed by atoms with Gasteiger partial charge in [-0.3, -0.25) is 4.72 Å². The van der Waals surface area contributed by atoms with Crippen molar-refractivity contribution in [1.82, 2.24) is 9.97 Å². The fraction of sp³-hybridized carbons (Fsp3) is 0.273. The van der Waals surface area contributed by atoms with E-state index in [9.17, 15) is 12.8 Å². The van der Waals surface area contributed by atoms with Gasteiger partial charge >= 0.3 is 0 Å². The van der Waals surface area contributed by atoms with Crippen molar-refractivity contribution < 1.29 is 12.8 Å². The molecule has 0 saturated carbocycles. The molecule has 0 bridgehead atoms. The van der Waals surface area contributed by atoms with Gasteiger partial charge in [-0.25, -0.2) is 17.8 Å². The lowest BCUT2D eigenvalue weighted by Gasteiger charge is -2.17. The van der Waals surface area contributed by atoms with Crippen molar-refractivity contribution in [2.45, 2.75) is 25.5 Å². The number of rotatable bonds is 7. The molecule has 0 radical (unpaired) electrons. The van der Waals surface area contributed by atoms with Gasteiger partial charge in [0.1, 0.15) is 11.6 Å². The molecule has 7 nitrogen and oxygen atoms in total. The number of nitrogens with one attached hydrogen (secondary N) is 2. The summed E-state index contributed by atoms with van der Waals surface area (Å²) >= 11 is 0. The van der Waals surface area contributed by atoms with Crippen LogP contribution in [-0.2, 0) is 15.8 Å². The van der Waals surface area contributed by atoms with E-state index in [1.807, 2.05) is 13.0 Å². The van der Waals surface area contributed by atoms with E-state index in [2.05, 4.69) is 24.9 Å². The molecule has 3 aromatic rings. The van der Waals surface area contributed by atoms with Crippen molar-refractivity contribution in [2.75, 3.05) is 28.0 Å². The van der Waals surface area contributed by atoms with Gasteiger partial charge in [0.05, 0.1) is 5.75 Å². The first-order valence-electron chi connectivity index (χ1n) is 10.1. The van der Waals surface area contributed by atoms with Gasteiger partial charge in [0, 0.05) is 36.2 Å². The van der Waals surface area contributed by atoms with Crippen LogP contribution in [0.25, 0.3) is 0 Å². The molecule has 0 atom stereocenters. The molecule has 1 aliphatic heterocycles. The minimum absolute atomic E-state index is 0.304. The zero-order valence-electron chi connectivity index (χ0n) is 17.2. The van der Waals surface area contributed by atoms with Crippen LogP contribution in [0.15, 0.2) is 54.6 Å². The van der Waals surface area contributed by atoms with E-state index in [1.54, 1.807) is 30.3 Å². The maximum Gasteiger partial charge on any atom is 0.236 e. The first-order valence-corrected chi connectivity index (χ1v) is 11.7. The lowest BCUT2D eigenvalue weighted by atomic mass is 10.2.